The lowest BCUT2D eigenvalue weighted by Crippen LogP contribution is -2.68. The van der Waals surface area contributed by atoms with Gasteiger partial charge in [-0.15, -0.1) is 0 Å². The van der Waals surface area contributed by atoms with Crippen molar-refractivity contribution in [3.63, 3.8) is 0 Å². The molecule has 6 heterocycles. The Morgan fingerprint density at radius 3 is 0.821 bits per heavy atom. The molecule has 0 radical (unpaired) electrons. The van der Waals surface area contributed by atoms with Crippen molar-refractivity contribution >= 4 is 0 Å². The van der Waals surface area contributed by atoms with Gasteiger partial charge in [0.2, 0.25) is 0 Å². The molecule has 6 rings (SSSR count). The predicted molar refractivity (Wildman–Crippen MR) is 199 cm³/mol. The van der Waals surface area contributed by atoms with Gasteiger partial charge in [0.05, 0.1) is 39.6 Å². The van der Waals surface area contributed by atoms with Gasteiger partial charge < -0.3 is 154 Å². The number of aliphatic hydroxyl groups is 20. The fraction of sp³-hybridized carbons (Fsp3) is 1.00. The SMILES string of the molecule is OC[C@H]1O[C@H](O[C@H]2[C@@H](O)[C@@H](CO)O[C@H](O[C@H]3[C@@H](O)[C@@H](CO)O[C@H](O[C@H]4[C@@H](O)[C@@H](CO)O[C@H](O[C@@H]5[C@H](O)[C@@H](O)[C@H](O[C@H]6[C@H](O)[C@@H](O)[C@H](O)O[C@@H]6CO)O[C@@H]5CO)[C@@H]4O)[C@@H]3O)[C@@H]2O)[C@H](O)[C@@H](O)[C@H]1O. The normalized spacial score (nSPS) is 53.4. The van der Waals surface area contributed by atoms with Gasteiger partial charge in [0.25, 0.3) is 0 Å². The van der Waals surface area contributed by atoms with E-state index in [9.17, 15) is 102 Å². The molecule has 0 aromatic heterocycles. The van der Waals surface area contributed by atoms with E-state index in [1.54, 1.807) is 0 Å². The van der Waals surface area contributed by atoms with Crippen LogP contribution in [0.5, 0.6) is 0 Å². The van der Waals surface area contributed by atoms with E-state index in [1.165, 1.54) is 0 Å². The van der Waals surface area contributed by atoms with Crippen LogP contribution in [0, 0.1) is 0 Å². The molecule has 30 atom stereocenters. The Morgan fingerprint density at radius 1 is 0.224 bits per heavy atom. The largest absolute Gasteiger partial charge is 0.394 e. The van der Waals surface area contributed by atoms with E-state index in [2.05, 4.69) is 0 Å². The van der Waals surface area contributed by atoms with Crippen molar-refractivity contribution in [1.29, 1.82) is 0 Å². The van der Waals surface area contributed by atoms with Gasteiger partial charge in [-0.1, -0.05) is 0 Å². The van der Waals surface area contributed by atoms with Crippen LogP contribution in [0.15, 0.2) is 0 Å². The molecule has 31 nitrogen and oxygen atoms in total. The summed E-state index contributed by atoms with van der Waals surface area (Å²) in [6.07, 6.45) is -57.9. The van der Waals surface area contributed by atoms with Crippen LogP contribution in [0.2, 0.25) is 0 Å². The standard InChI is InChI=1S/C36H62O31/c37-1-7-13(43)17(47)21(51)32(58-7)65-28-14(44)9(3-39)60-35(24(28)54)67-30-16(46)10(4-40)61-36(25(30)55)66-29-15(45)8(2-38)59-34(23(29)53)64-27-12(6-42)62-33(22(52)19(27)49)63-26-11(5-41)57-31(56)20(50)18(26)48/h7-56H,1-6H2/t7-,8-,9-,10-,11-,12-,13+,14+,15+,16+,17+,18-,19-,20-,21-,22-,23-,24-,25-,26-,27+,28+,29+,30+,31-,32-,33+,34-,35-,36-/m1/s1. The molecule has 6 fully saturated rings. The third-order valence-corrected chi connectivity index (χ3v) is 12.4. The Kier molecular flexibility index (Phi) is 19.4. The number of hydrogen-bond acceptors (Lipinski definition) is 31. The molecule has 0 aromatic rings. The third kappa shape index (κ3) is 11.2. The summed E-state index contributed by atoms with van der Waals surface area (Å²) in [6.45, 7) is -5.79. The minimum Gasteiger partial charge on any atom is -0.394 e. The first-order valence-electron chi connectivity index (χ1n) is 21.1. The zero-order valence-electron chi connectivity index (χ0n) is 35.0. The van der Waals surface area contributed by atoms with Gasteiger partial charge in [0, 0.05) is 0 Å². The van der Waals surface area contributed by atoms with Gasteiger partial charge >= 0.3 is 0 Å². The molecule has 392 valence electrons. The van der Waals surface area contributed by atoms with E-state index in [0.29, 0.717) is 0 Å². The van der Waals surface area contributed by atoms with Crippen LogP contribution in [0.1, 0.15) is 0 Å². The molecular weight excluding hydrogens is 928 g/mol. The maximum Gasteiger partial charge on any atom is 0.187 e. The van der Waals surface area contributed by atoms with Crippen LogP contribution in [-0.2, 0) is 52.1 Å². The van der Waals surface area contributed by atoms with E-state index in [-0.39, 0.29) is 0 Å². The first-order chi connectivity index (χ1) is 31.8. The molecule has 0 bridgehead atoms. The molecule has 67 heavy (non-hydrogen) atoms. The molecule has 0 aliphatic carbocycles. The number of ether oxygens (including phenoxy) is 11. The second kappa shape index (κ2) is 23.5. The summed E-state index contributed by atoms with van der Waals surface area (Å²) in [5.41, 5.74) is 0. The van der Waals surface area contributed by atoms with E-state index in [4.69, 9.17) is 52.1 Å². The fourth-order valence-corrected chi connectivity index (χ4v) is 8.50. The van der Waals surface area contributed by atoms with E-state index in [0.717, 1.165) is 0 Å². The molecule has 6 aliphatic heterocycles. The van der Waals surface area contributed by atoms with Crippen LogP contribution in [0.25, 0.3) is 0 Å². The number of aliphatic hydroxyl groups excluding tert-OH is 20. The molecule has 0 saturated carbocycles. The summed E-state index contributed by atoms with van der Waals surface area (Å²) in [4.78, 5) is 0. The van der Waals surface area contributed by atoms with Gasteiger partial charge in [0.15, 0.2) is 37.7 Å². The molecule has 0 unspecified atom stereocenters. The van der Waals surface area contributed by atoms with Gasteiger partial charge in [-0.3, -0.25) is 0 Å². The summed E-state index contributed by atoms with van der Waals surface area (Å²) in [5, 5.41) is 211. The van der Waals surface area contributed by atoms with Gasteiger partial charge in [-0.2, -0.15) is 0 Å². The second-order valence-electron chi connectivity index (χ2n) is 16.8. The molecule has 0 spiro atoms. The van der Waals surface area contributed by atoms with Crippen molar-refractivity contribution in [2.45, 2.75) is 184 Å². The highest BCUT2D eigenvalue weighted by atomic mass is 16.8. The molecule has 20 N–H and O–H groups in total. The average Bonchev–Trinajstić information content (AvgIpc) is 3.31. The van der Waals surface area contributed by atoms with Crippen molar-refractivity contribution < 1.29 is 154 Å². The molecule has 31 heteroatoms. The molecule has 0 amide bonds. The summed E-state index contributed by atoms with van der Waals surface area (Å²) >= 11 is 0. The van der Waals surface area contributed by atoms with E-state index in [1.807, 2.05) is 0 Å². The van der Waals surface area contributed by atoms with Gasteiger partial charge in [0.1, 0.15) is 146 Å². The Bertz CT molecular complexity index is 1500. The van der Waals surface area contributed by atoms with Gasteiger partial charge in [-0.25, -0.2) is 0 Å². The van der Waals surface area contributed by atoms with E-state index >= 15 is 0 Å². The molecule has 6 saturated heterocycles. The van der Waals surface area contributed by atoms with Crippen LogP contribution >= 0.6 is 0 Å². The van der Waals surface area contributed by atoms with E-state index < -0.39 is 224 Å². The maximum absolute atomic E-state index is 11.5. The van der Waals surface area contributed by atoms with Crippen LogP contribution < -0.4 is 0 Å². The summed E-state index contributed by atoms with van der Waals surface area (Å²) in [7, 11) is 0. The summed E-state index contributed by atoms with van der Waals surface area (Å²) in [6, 6.07) is 0. The first-order valence-corrected chi connectivity index (χ1v) is 21.1. The van der Waals surface area contributed by atoms with Crippen molar-refractivity contribution in [3.8, 4) is 0 Å². The van der Waals surface area contributed by atoms with Gasteiger partial charge in [-0.05, 0) is 0 Å². The fourth-order valence-electron chi connectivity index (χ4n) is 8.50. The predicted octanol–water partition coefficient (Wildman–Crippen LogP) is -14.1. The average molecular weight is 991 g/mol. The van der Waals surface area contributed by atoms with Crippen LogP contribution in [0.4, 0.5) is 0 Å². The third-order valence-electron chi connectivity index (χ3n) is 12.4. The summed E-state index contributed by atoms with van der Waals surface area (Å²) in [5.74, 6) is 0. The lowest BCUT2D eigenvalue weighted by atomic mass is 9.95. The lowest BCUT2D eigenvalue weighted by Gasteiger charge is -2.50. The minimum absolute atomic E-state index is 0.872. The van der Waals surface area contributed by atoms with Crippen molar-refractivity contribution in [2.24, 2.45) is 0 Å². The Labute approximate surface area is 378 Å². The summed E-state index contributed by atoms with van der Waals surface area (Å²) < 4.78 is 60.6. The second-order valence-corrected chi connectivity index (χ2v) is 16.8. The Hall–Kier alpha value is -1.24. The topological polar surface area (TPSA) is 506 Å². The van der Waals surface area contributed by atoms with Crippen LogP contribution in [-0.4, -0.2) is 326 Å². The zero-order chi connectivity index (χ0) is 49.3. The Balaban J connectivity index is 1.16. The highest BCUT2D eigenvalue weighted by Crippen LogP contribution is 2.37. The number of rotatable bonds is 16. The highest BCUT2D eigenvalue weighted by Gasteiger charge is 2.57. The van der Waals surface area contributed by atoms with Crippen molar-refractivity contribution in [3.05, 3.63) is 0 Å². The maximum atomic E-state index is 11.5. The van der Waals surface area contributed by atoms with Crippen molar-refractivity contribution in [2.75, 3.05) is 39.6 Å². The smallest absolute Gasteiger partial charge is 0.187 e. The molecular formula is C36H62O31. The number of hydrogen-bond donors (Lipinski definition) is 20. The first kappa shape index (κ1) is 55.1. The van der Waals surface area contributed by atoms with Crippen LogP contribution in [0.3, 0.4) is 0 Å². The lowest BCUT2D eigenvalue weighted by molar-refractivity contribution is -0.397. The van der Waals surface area contributed by atoms with Crippen molar-refractivity contribution in [1.82, 2.24) is 0 Å². The minimum atomic E-state index is -2.24. The zero-order valence-corrected chi connectivity index (χ0v) is 35.0. The molecule has 0 aromatic carbocycles. The Morgan fingerprint density at radius 2 is 0.478 bits per heavy atom. The monoisotopic (exact) mass is 990 g/mol. The quantitative estimate of drug-likeness (QED) is 0.0683. The highest BCUT2D eigenvalue weighted by molar-refractivity contribution is 5.00. The molecule has 6 aliphatic rings.